The molecule has 4 heterocycles. The fourth-order valence-electron chi connectivity index (χ4n) is 5.10. The van der Waals surface area contributed by atoms with Crippen LogP contribution in [-0.2, 0) is 22.7 Å². The topological polar surface area (TPSA) is 229 Å². The van der Waals surface area contributed by atoms with Gasteiger partial charge in [-0.2, -0.15) is 0 Å². The normalized spacial score (nSPS) is 14.8. The molecule has 3 aromatic heterocycles. The lowest BCUT2D eigenvalue weighted by Gasteiger charge is -2.33. The van der Waals surface area contributed by atoms with Gasteiger partial charge in [-0.25, -0.2) is 24.7 Å². The number of thiazole rings is 1. The molecule has 3 amide bonds. The van der Waals surface area contributed by atoms with Crippen molar-refractivity contribution < 1.29 is 28.6 Å². The number of benzene rings is 2. The summed E-state index contributed by atoms with van der Waals surface area (Å²) < 4.78 is 17.4. The van der Waals surface area contributed by atoms with Crippen LogP contribution in [0, 0.1) is 5.41 Å². The summed E-state index contributed by atoms with van der Waals surface area (Å²) in [6.45, 7) is 5.78. The van der Waals surface area contributed by atoms with Gasteiger partial charge in [0.1, 0.15) is 53.5 Å². The summed E-state index contributed by atoms with van der Waals surface area (Å²) in [6.07, 6.45) is 2.28. The van der Waals surface area contributed by atoms with E-state index < -0.39 is 41.3 Å². The number of amidine groups is 1. The van der Waals surface area contributed by atoms with E-state index in [-0.39, 0.29) is 41.3 Å². The van der Waals surface area contributed by atoms with Crippen molar-refractivity contribution in [1.82, 2.24) is 30.6 Å². The molecular weight excluding hydrogens is 725 g/mol. The van der Waals surface area contributed by atoms with Crippen molar-refractivity contribution in [2.75, 3.05) is 11.9 Å². The molecular formula is C38H38N10O6S. The number of carbonyl (C=O) groups is 3. The Kier molecular flexibility index (Phi) is 11.7. The van der Waals surface area contributed by atoms with Crippen LogP contribution in [0.15, 0.2) is 95.6 Å². The number of ether oxygens (including phenoxy) is 3. The molecule has 2 atom stereocenters. The SMILES string of the molecule is CC(C)(C)OC(=O)Nc1nc(C(=N)C(=O)NC2C(N)=NC2CNC(=O)c2ccnc(-c3cc(OCc4ccccc4)c(OCc4ccccc4)cn3)n2)cs1. The Morgan fingerprint density at radius 3 is 2.22 bits per heavy atom. The number of rotatable bonds is 14. The molecule has 2 aromatic carbocycles. The number of anilines is 1. The Bertz CT molecular complexity index is 2210. The van der Waals surface area contributed by atoms with Crippen LogP contribution in [0.5, 0.6) is 11.5 Å². The Hall–Kier alpha value is -6.75. The van der Waals surface area contributed by atoms with Crippen molar-refractivity contribution in [1.29, 1.82) is 5.41 Å². The molecule has 55 heavy (non-hydrogen) atoms. The summed E-state index contributed by atoms with van der Waals surface area (Å²) in [6, 6.07) is 21.2. The van der Waals surface area contributed by atoms with E-state index >= 15 is 0 Å². The van der Waals surface area contributed by atoms with Crippen molar-refractivity contribution in [2.45, 2.75) is 51.7 Å². The molecule has 0 spiro atoms. The number of aromatic nitrogens is 4. The van der Waals surface area contributed by atoms with Gasteiger partial charge in [0, 0.05) is 24.2 Å². The van der Waals surface area contributed by atoms with Crippen LogP contribution in [0.25, 0.3) is 11.5 Å². The van der Waals surface area contributed by atoms with Gasteiger partial charge in [0.05, 0.1) is 12.2 Å². The molecule has 17 heteroatoms. The van der Waals surface area contributed by atoms with Crippen molar-refractivity contribution in [2.24, 2.45) is 10.7 Å². The van der Waals surface area contributed by atoms with Gasteiger partial charge in [-0.05, 0) is 38.0 Å². The highest BCUT2D eigenvalue weighted by molar-refractivity contribution is 7.14. The average Bonchev–Trinajstić information content (AvgIpc) is 3.64. The molecule has 0 aliphatic carbocycles. The van der Waals surface area contributed by atoms with Gasteiger partial charge >= 0.3 is 6.09 Å². The van der Waals surface area contributed by atoms with E-state index in [4.69, 9.17) is 25.4 Å². The number of aliphatic imine (C=N–C) groups is 1. The number of nitrogens with two attached hydrogens (primary N) is 1. The fraction of sp³-hybridized carbons (Fsp3) is 0.237. The Balaban J connectivity index is 1.06. The maximum absolute atomic E-state index is 13.2. The predicted molar refractivity (Wildman–Crippen MR) is 205 cm³/mol. The Morgan fingerprint density at radius 1 is 0.891 bits per heavy atom. The molecule has 0 fully saturated rings. The second kappa shape index (κ2) is 16.9. The summed E-state index contributed by atoms with van der Waals surface area (Å²) in [4.78, 5) is 59.8. The van der Waals surface area contributed by atoms with Crippen molar-refractivity contribution in [3.05, 3.63) is 113 Å². The molecule has 1 aliphatic heterocycles. The van der Waals surface area contributed by atoms with E-state index in [2.05, 4.69) is 40.9 Å². The molecule has 2 unspecified atom stereocenters. The second-order valence-electron chi connectivity index (χ2n) is 13.2. The third-order valence-corrected chi connectivity index (χ3v) is 8.55. The highest BCUT2D eigenvalue weighted by Crippen LogP contribution is 2.31. The van der Waals surface area contributed by atoms with Gasteiger partial charge in [0.2, 0.25) is 0 Å². The van der Waals surface area contributed by atoms with E-state index in [1.54, 1.807) is 26.8 Å². The lowest BCUT2D eigenvalue weighted by molar-refractivity contribution is -0.115. The van der Waals surface area contributed by atoms with E-state index in [0.29, 0.717) is 23.8 Å². The number of carbonyl (C=O) groups excluding carboxylic acids is 3. The molecule has 16 nitrogen and oxygen atoms in total. The van der Waals surface area contributed by atoms with E-state index in [1.807, 2.05) is 60.7 Å². The molecule has 0 saturated carbocycles. The summed E-state index contributed by atoms with van der Waals surface area (Å²) in [5.41, 5.74) is 7.24. The van der Waals surface area contributed by atoms with Gasteiger partial charge in [-0.1, -0.05) is 60.7 Å². The first-order valence-electron chi connectivity index (χ1n) is 17.1. The molecule has 5 aromatic rings. The quantitative estimate of drug-likeness (QED) is 0.0988. The number of amides is 3. The zero-order valence-electron chi connectivity index (χ0n) is 30.1. The van der Waals surface area contributed by atoms with Crippen LogP contribution in [0.2, 0.25) is 0 Å². The molecule has 6 rings (SSSR count). The third-order valence-electron chi connectivity index (χ3n) is 7.80. The first-order valence-corrected chi connectivity index (χ1v) is 17.9. The van der Waals surface area contributed by atoms with Crippen LogP contribution in [0.4, 0.5) is 9.93 Å². The number of nitrogens with one attached hydrogen (secondary N) is 4. The van der Waals surface area contributed by atoms with Gasteiger partial charge in [0.25, 0.3) is 11.8 Å². The monoisotopic (exact) mass is 762 g/mol. The largest absolute Gasteiger partial charge is 0.485 e. The number of hydrogen-bond donors (Lipinski definition) is 5. The van der Waals surface area contributed by atoms with Crippen LogP contribution in [-0.4, -0.2) is 73.6 Å². The third kappa shape index (κ3) is 10.2. The van der Waals surface area contributed by atoms with Crippen LogP contribution in [0.1, 0.15) is 48.1 Å². The summed E-state index contributed by atoms with van der Waals surface area (Å²) >= 11 is 1.04. The number of nitrogens with zero attached hydrogens (tertiary/aromatic N) is 5. The minimum absolute atomic E-state index is 0.0149. The lowest BCUT2D eigenvalue weighted by Crippen LogP contribution is -2.61. The standard InChI is InChI=1S/C38H38N10O6S/c1-38(2,3)54-37(51)48-36-46-27(21-55-36)30(39)35(50)47-31-26(44-32(31)40)17-43-34(49)24-14-15-41-33(45-24)25-16-28(52-19-22-10-6-4-7-11-22)29(18-42-25)53-20-23-12-8-5-9-13-23/h4-16,18,21,26,31,39H,17,19-20H2,1-3H3,(H2,40,44)(H,43,49)(H,47,50)(H,46,48,51). The summed E-state index contributed by atoms with van der Waals surface area (Å²) in [5.74, 6) is -0.0860. The zero-order valence-corrected chi connectivity index (χ0v) is 30.9. The van der Waals surface area contributed by atoms with Crippen LogP contribution >= 0.6 is 11.3 Å². The Morgan fingerprint density at radius 2 is 1.56 bits per heavy atom. The number of pyridine rings is 1. The Labute approximate surface area is 320 Å². The molecule has 0 radical (unpaired) electrons. The molecule has 282 valence electrons. The maximum Gasteiger partial charge on any atom is 0.413 e. The molecule has 0 saturated heterocycles. The van der Waals surface area contributed by atoms with E-state index in [0.717, 1.165) is 22.5 Å². The van der Waals surface area contributed by atoms with Gasteiger partial charge in [0.15, 0.2) is 22.5 Å². The molecule has 1 aliphatic rings. The molecule has 0 bridgehead atoms. The predicted octanol–water partition coefficient (Wildman–Crippen LogP) is 4.52. The van der Waals surface area contributed by atoms with Crippen LogP contribution < -0.4 is 31.2 Å². The average molecular weight is 763 g/mol. The zero-order chi connectivity index (χ0) is 39.0. The minimum Gasteiger partial charge on any atom is -0.485 e. The first-order chi connectivity index (χ1) is 26.4. The smallest absolute Gasteiger partial charge is 0.413 e. The summed E-state index contributed by atoms with van der Waals surface area (Å²) in [7, 11) is 0. The highest BCUT2D eigenvalue weighted by atomic mass is 32.1. The second-order valence-corrected chi connectivity index (χ2v) is 14.0. The first kappa shape index (κ1) is 38.0. The maximum atomic E-state index is 13.2. The molecule has 6 N–H and O–H groups in total. The fourth-order valence-corrected chi connectivity index (χ4v) is 5.78. The van der Waals surface area contributed by atoms with Gasteiger partial charge in [-0.15, -0.1) is 11.3 Å². The van der Waals surface area contributed by atoms with Gasteiger partial charge in [-0.3, -0.25) is 25.3 Å². The van der Waals surface area contributed by atoms with E-state index in [9.17, 15) is 14.4 Å². The highest BCUT2D eigenvalue weighted by Gasteiger charge is 2.36. The number of hydrogen-bond acceptors (Lipinski definition) is 14. The van der Waals surface area contributed by atoms with E-state index in [1.165, 1.54) is 23.8 Å². The van der Waals surface area contributed by atoms with Crippen molar-refractivity contribution in [3.63, 3.8) is 0 Å². The minimum atomic E-state index is -0.759. The van der Waals surface area contributed by atoms with Crippen molar-refractivity contribution >= 4 is 45.9 Å². The van der Waals surface area contributed by atoms with Gasteiger partial charge < -0.3 is 30.6 Å². The van der Waals surface area contributed by atoms with Crippen molar-refractivity contribution in [3.8, 4) is 23.0 Å². The lowest BCUT2D eigenvalue weighted by atomic mass is 10.0. The van der Waals surface area contributed by atoms with Crippen LogP contribution in [0.3, 0.4) is 0 Å². The summed E-state index contributed by atoms with van der Waals surface area (Å²) in [5, 5.41) is 17.9.